The van der Waals surface area contributed by atoms with Gasteiger partial charge in [0.05, 0.1) is 0 Å². The van der Waals surface area contributed by atoms with Gasteiger partial charge in [-0.15, -0.1) is 0 Å². The largest absolute Gasteiger partial charge is 0.491 e. The van der Waals surface area contributed by atoms with E-state index in [0.717, 1.165) is 0 Å². The van der Waals surface area contributed by atoms with Crippen molar-refractivity contribution in [2.45, 2.75) is 45.3 Å². The molecule has 0 saturated heterocycles. The average molecular weight is 371 g/mol. The van der Waals surface area contributed by atoms with E-state index in [1.54, 1.807) is 19.1 Å². The van der Waals surface area contributed by atoms with Crippen LogP contribution in [0, 0.1) is 0 Å². The van der Waals surface area contributed by atoms with Crippen molar-refractivity contribution in [1.82, 2.24) is 5.32 Å². The molecule has 0 unspecified atom stereocenters. The molecule has 0 heterocycles. The standard InChI is InChI=1S/C22H29NO4/c1-16(27-20-8-6-5-7-9-20)21(25)23-14-18(24)15-26-19-12-10-17(11-13-19)22(2,3)4/h5-13,16,18,24H,14-15H2,1-4H3,(H,23,25)/t16-,18-/m0/s1. The van der Waals surface area contributed by atoms with Crippen molar-refractivity contribution in [2.75, 3.05) is 13.2 Å². The molecule has 5 heteroatoms. The molecular weight excluding hydrogens is 342 g/mol. The van der Waals surface area contributed by atoms with Crippen molar-refractivity contribution in [3.05, 3.63) is 60.2 Å². The van der Waals surface area contributed by atoms with Gasteiger partial charge in [0.2, 0.25) is 0 Å². The Balaban J connectivity index is 1.72. The van der Waals surface area contributed by atoms with Gasteiger partial charge in [-0.05, 0) is 42.2 Å². The van der Waals surface area contributed by atoms with E-state index < -0.39 is 12.2 Å². The van der Waals surface area contributed by atoms with Crippen molar-refractivity contribution >= 4 is 5.91 Å². The molecule has 2 rings (SSSR count). The minimum atomic E-state index is -0.805. The van der Waals surface area contributed by atoms with Crippen LogP contribution in [0.15, 0.2) is 54.6 Å². The molecule has 0 bridgehead atoms. The van der Waals surface area contributed by atoms with Crippen molar-refractivity contribution in [3.63, 3.8) is 0 Å². The van der Waals surface area contributed by atoms with Crippen LogP contribution in [0.1, 0.15) is 33.3 Å². The third kappa shape index (κ3) is 6.94. The van der Waals surface area contributed by atoms with Gasteiger partial charge < -0.3 is 19.9 Å². The van der Waals surface area contributed by atoms with Crippen LogP contribution in [0.25, 0.3) is 0 Å². The van der Waals surface area contributed by atoms with E-state index in [1.165, 1.54) is 5.56 Å². The molecule has 0 radical (unpaired) electrons. The monoisotopic (exact) mass is 371 g/mol. The molecule has 5 nitrogen and oxygen atoms in total. The van der Waals surface area contributed by atoms with Crippen LogP contribution in [0.5, 0.6) is 11.5 Å². The number of ether oxygens (including phenoxy) is 2. The quantitative estimate of drug-likeness (QED) is 0.747. The normalized spacial score (nSPS) is 13.5. The summed E-state index contributed by atoms with van der Waals surface area (Å²) < 4.78 is 11.1. The van der Waals surface area contributed by atoms with Crippen LogP contribution in [0.3, 0.4) is 0 Å². The molecule has 2 atom stereocenters. The summed E-state index contributed by atoms with van der Waals surface area (Å²) in [4.78, 5) is 12.1. The van der Waals surface area contributed by atoms with Gasteiger partial charge in [-0.1, -0.05) is 51.1 Å². The van der Waals surface area contributed by atoms with Crippen LogP contribution < -0.4 is 14.8 Å². The van der Waals surface area contributed by atoms with Gasteiger partial charge in [-0.2, -0.15) is 0 Å². The summed E-state index contributed by atoms with van der Waals surface area (Å²) in [5.74, 6) is 1.03. The predicted molar refractivity (Wildman–Crippen MR) is 106 cm³/mol. The van der Waals surface area contributed by atoms with Crippen LogP contribution in [-0.2, 0) is 10.2 Å². The molecule has 146 valence electrons. The van der Waals surface area contributed by atoms with E-state index in [-0.39, 0.29) is 24.5 Å². The highest BCUT2D eigenvalue weighted by atomic mass is 16.5. The number of benzene rings is 2. The Morgan fingerprint density at radius 3 is 2.26 bits per heavy atom. The highest BCUT2D eigenvalue weighted by Crippen LogP contribution is 2.24. The Labute approximate surface area is 161 Å². The van der Waals surface area contributed by atoms with Gasteiger partial charge in [0, 0.05) is 6.54 Å². The fourth-order valence-electron chi connectivity index (χ4n) is 2.42. The van der Waals surface area contributed by atoms with Gasteiger partial charge >= 0.3 is 0 Å². The number of hydrogen-bond donors (Lipinski definition) is 2. The molecule has 0 spiro atoms. The van der Waals surface area contributed by atoms with Crippen molar-refractivity contribution in [3.8, 4) is 11.5 Å². The first-order valence-electron chi connectivity index (χ1n) is 9.16. The highest BCUT2D eigenvalue weighted by Gasteiger charge is 2.16. The van der Waals surface area contributed by atoms with Crippen molar-refractivity contribution < 1.29 is 19.4 Å². The summed E-state index contributed by atoms with van der Waals surface area (Å²) in [5.41, 5.74) is 1.30. The summed E-state index contributed by atoms with van der Waals surface area (Å²) >= 11 is 0. The summed E-state index contributed by atoms with van der Waals surface area (Å²) in [6.45, 7) is 8.32. The zero-order valence-electron chi connectivity index (χ0n) is 16.4. The molecule has 2 N–H and O–H groups in total. The first-order valence-corrected chi connectivity index (χ1v) is 9.16. The third-order valence-corrected chi connectivity index (χ3v) is 4.10. The lowest BCUT2D eigenvalue weighted by atomic mass is 9.87. The number of rotatable bonds is 8. The van der Waals surface area contributed by atoms with Crippen LogP contribution in [0.2, 0.25) is 0 Å². The second-order valence-electron chi connectivity index (χ2n) is 7.56. The maximum atomic E-state index is 12.1. The number of nitrogens with one attached hydrogen (secondary N) is 1. The smallest absolute Gasteiger partial charge is 0.260 e. The molecule has 2 aromatic rings. The molecule has 0 fully saturated rings. The average Bonchev–Trinajstić information content (AvgIpc) is 2.64. The van der Waals surface area contributed by atoms with Crippen molar-refractivity contribution in [2.24, 2.45) is 0 Å². The fourth-order valence-corrected chi connectivity index (χ4v) is 2.42. The summed E-state index contributed by atoms with van der Waals surface area (Å²) in [7, 11) is 0. The lowest BCUT2D eigenvalue weighted by molar-refractivity contribution is -0.127. The molecule has 27 heavy (non-hydrogen) atoms. The van der Waals surface area contributed by atoms with E-state index in [2.05, 4.69) is 26.1 Å². The molecular formula is C22H29NO4. The Kier molecular flexibility index (Phi) is 7.25. The van der Waals surface area contributed by atoms with Crippen LogP contribution >= 0.6 is 0 Å². The molecule has 0 aliphatic rings. The molecule has 2 aromatic carbocycles. The SMILES string of the molecule is C[C@H](Oc1ccccc1)C(=O)NC[C@H](O)COc1ccc(C(C)(C)C)cc1. The Morgan fingerprint density at radius 2 is 1.67 bits per heavy atom. The molecule has 0 aliphatic heterocycles. The van der Waals surface area contributed by atoms with E-state index >= 15 is 0 Å². The lowest BCUT2D eigenvalue weighted by Gasteiger charge is -2.20. The molecule has 0 aliphatic carbocycles. The van der Waals surface area contributed by atoms with Crippen LogP contribution in [0.4, 0.5) is 0 Å². The minimum absolute atomic E-state index is 0.0842. The number of aliphatic hydroxyl groups excluding tert-OH is 1. The number of aliphatic hydroxyl groups is 1. The van der Waals surface area contributed by atoms with Gasteiger partial charge in [0.15, 0.2) is 6.10 Å². The Hall–Kier alpha value is -2.53. The topological polar surface area (TPSA) is 67.8 Å². The number of hydrogen-bond acceptors (Lipinski definition) is 4. The lowest BCUT2D eigenvalue weighted by Crippen LogP contribution is -2.41. The summed E-state index contributed by atoms with van der Waals surface area (Å²) in [5, 5.41) is 12.7. The second-order valence-corrected chi connectivity index (χ2v) is 7.56. The molecule has 0 aromatic heterocycles. The van der Waals surface area contributed by atoms with E-state index in [1.807, 2.05) is 42.5 Å². The maximum absolute atomic E-state index is 12.1. The first kappa shape index (κ1) is 20.8. The maximum Gasteiger partial charge on any atom is 0.260 e. The van der Waals surface area contributed by atoms with E-state index in [9.17, 15) is 9.90 Å². The van der Waals surface area contributed by atoms with Crippen molar-refractivity contribution in [1.29, 1.82) is 0 Å². The fraction of sp³-hybridized carbons (Fsp3) is 0.409. The van der Waals surface area contributed by atoms with Crippen LogP contribution in [-0.4, -0.2) is 36.4 Å². The summed E-state index contributed by atoms with van der Waals surface area (Å²) in [6, 6.07) is 17.0. The number of carbonyl (C=O) groups is 1. The van der Waals surface area contributed by atoms with Gasteiger partial charge in [-0.3, -0.25) is 4.79 Å². The van der Waals surface area contributed by atoms with Gasteiger partial charge in [0.25, 0.3) is 5.91 Å². The van der Waals surface area contributed by atoms with E-state index in [4.69, 9.17) is 9.47 Å². The highest BCUT2D eigenvalue weighted by molar-refractivity contribution is 5.80. The minimum Gasteiger partial charge on any atom is -0.491 e. The molecule has 0 saturated carbocycles. The first-order chi connectivity index (χ1) is 12.8. The van der Waals surface area contributed by atoms with Gasteiger partial charge in [0.1, 0.15) is 24.2 Å². The number of amides is 1. The summed E-state index contributed by atoms with van der Waals surface area (Å²) in [6.07, 6.45) is -1.45. The zero-order valence-corrected chi connectivity index (χ0v) is 16.4. The zero-order chi connectivity index (χ0) is 19.9. The van der Waals surface area contributed by atoms with Gasteiger partial charge in [-0.25, -0.2) is 0 Å². The Bertz CT molecular complexity index is 707. The predicted octanol–water partition coefficient (Wildman–Crippen LogP) is 3.31. The second kappa shape index (κ2) is 9.42. The molecule has 1 amide bonds. The number of carbonyl (C=O) groups excluding carboxylic acids is 1. The van der Waals surface area contributed by atoms with E-state index in [0.29, 0.717) is 11.5 Å². The number of para-hydroxylation sites is 1. The Morgan fingerprint density at radius 1 is 1.04 bits per heavy atom. The third-order valence-electron chi connectivity index (χ3n) is 4.10.